The smallest absolute Gasteiger partial charge is 0.399 e. The van der Waals surface area contributed by atoms with Gasteiger partial charge in [0.2, 0.25) is 5.91 Å². The van der Waals surface area contributed by atoms with Crippen molar-refractivity contribution in [2.75, 3.05) is 31.1 Å². The van der Waals surface area contributed by atoms with Gasteiger partial charge in [-0.2, -0.15) is 0 Å². The maximum Gasteiger partial charge on any atom is 0.496 e. The van der Waals surface area contributed by atoms with Crippen LogP contribution in [0.1, 0.15) is 27.7 Å². The molecule has 2 saturated heterocycles. The molecule has 0 bridgehead atoms. The van der Waals surface area contributed by atoms with Crippen LogP contribution in [0.4, 0.5) is 5.82 Å². The molecule has 7 nitrogen and oxygen atoms in total. The van der Waals surface area contributed by atoms with E-state index in [1.807, 2.05) is 39.8 Å². The zero-order valence-electron chi connectivity index (χ0n) is 17.8. The van der Waals surface area contributed by atoms with Crippen LogP contribution < -0.4 is 10.4 Å². The number of piperazine rings is 1. The molecular weight excluding hydrogens is 403 g/mol. The SMILES string of the molecule is C=CC(=O)N1CCN(c2ncnc3cc(B4OC(C)(C)C(C)(C)O4)c(Cl)cc23)CC1. The van der Waals surface area contributed by atoms with Crippen molar-refractivity contribution in [1.82, 2.24) is 14.9 Å². The van der Waals surface area contributed by atoms with Crippen LogP contribution >= 0.6 is 11.6 Å². The van der Waals surface area contributed by atoms with E-state index < -0.39 is 18.3 Å². The molecule has 2 aliphatic rings. The van der Waals surface area contributed by atoms with Gasteiger partial charge in [0.1, 0.15) is 12.1 Å². The zero-order chi connectivity index (χ0) is 21.7. The van der Waals surface area contributed by atoms with Gasteiger partial charge in [0.15, 0.2) is 0 Å². The van der Waals surface area contributed by atoms with Crippen molar-refractivity contribution in [2.24, 2.45) is 0 Å². The van der Waals surface area contributed by atoms with Gasteiger partial charge < -0.3 is 19.1 Å². The minimum atomic E-state index is -0.557. The van der Waals surface area contributed by atoms with Crippen LogP contribution in [0.3, 0.4) is 0 Å². The Labute approximate surface area is 182 Å². The van der Waals surface area contributed by atoms with E-state index in [9.17, 15) is 4.79 Å². The Morgan fingerprint density at radius 2 is 1.77 bits per heavy atom. The minimum absolute atomic E-state index is 0.0442. The van der Waals surface area contributed by atoms with Crippen LogP contribution in [0, 0.1) is 0 Å². The fourth-order valence-electron chi connectivity index (χ4n) is 3.75. The highest BCUT2D eigenvalue weighted by Gasteiger charge is 2.52. The third kappa shape index (κ3) is 3.57. The van der Waals surface area contributed by atoms with Crippen LogP contribution in [-0.4, -0.2) is 65.3 Å². The molecule has 3 heterocycles. The molecule has 30 heavy (non-hydrogen) atoms. The average Bonchev–Trinajstić information content (AvgIpc) is 2.93. The Bertz CT molecular complexity index is 989. The fraction of sp³-hybridized carbons (Fsp3) is 0.476. The highest BCUT2D eigenvalue weighted by Crippen LogP contribution is 2.37. The Morgan fingerprint density at radius 1 is 1.13 bits per heavy atom. The zero-order valence-corrected chi connectivity index (χ0v) is 18.6. The number of fused-ring (bicyclic) bond motifs is 1. The Kier molecular flexibility index (Phi) is 5.28. The van der Waals surface area contributed by atoms with Gasteiger partial charge in [-0.15, -0.1) is 0 Å². The second kappa shape index (κ2) is 7.52. The number of aromatic nitrogens is 2. The summed E-state index contributed by atoms with van der Waals surface area (Å²) in [6, 6.07) is 3.80. The first-order valence-electron chi connectivity index (χ1n) is 10.1. The van der Waals surface area contributed by atoms with E-state index in [-0.39, 0.29) is 5.91 Å². The third-order valence-electron chi connectivity index (χ3n) is 6.31. The average molecular weight is 429 g/mol. The van der Waals surface area contributed by atoms with Crippen molar-refractivity contribution in [1.29, 1.82) is 0 Å². The highest BCUT2D eigenvalue weighted by atomic mass is 35.5. The van der Waals surface area contributed by atoms with Crippen LogP contribution in [-0.2, 0) is 14.1 Å². The van der Waals surface area contributed by atoms with Crippen LogP contribution in [0.25, 0.3) is 10.9 Å². The first-order chi connectivity index (χ1) is 14.1. The molecule has 2 aromatic rings. The number of amides is 1. The monoisotopic (exact) mass is 428 g/mol. The number of nitrogens with zero attached hydrogens (tertiary/aromatic N) is 4. The quantitative estimate of drug-likeness (QED) is 0.552. The summed E-state index contributed by atoms with van der Waals surface area (Å²) in [7, 11) is -0.557. The number of hydrogen-bond acceptors (Lipinski definition) is 6. The first kappa shape index (κ1) is 21.1. The summed E-state index contributed by atoms with van der Waals surface area (Å²) >= 11 is 6.67. The highest BCUT2D eigenvalue weighted by molar-refractivity contribution is 6.66. The van der Waals surface area contributed by atoms with Gasteiger partial charge in [-0.1, -0.05) is 18.2 Å². The van der Waals surface area contributed by atoms with E-state index in [1.165, 1.54) is 6.08 Å². The Hall–Kier alpha value is -2.16. The van der Waals surface area contributed by atoms with Gasteiger partial charge in [-0.05, 0) is 45.9 Å². The molecule has 0 N–H and O–H groups in total. The van der Waals surface area contributed by atoms with Gasteiger partial charge in [0.05, 0.1) is 16.7 Å². The van der Waals surface area contributed by atoms with E-state index in [4.69, 9.17) is 20.9 Å². The van der Waals surface area contributed by atoms with E-state index in [0.717, 1.165) is 22.2 Å². The molecule has 0 spiro atoms. The Morgan fingerprint density at radius 3 is 2.37 bits per heavy atom. The first-order valence-corrected chi connectivity index (χ1v) is 10.5. The second-order valence-corrected chi connectivity index (χ2v) is 9.10. The van der Waals surface area contributed by atoms with Crippen molar-refractivity contribution in [3.05, 3.63) is 36.1 Å². The molecule has 1 aromatic heterocycles. The molecule has 158 valence electrons. The van der Waals surface area contributed by atoms with Gasteiger partial charge in [-0.3, -0.25) is 4.79 Å². The minimum Gasteiger partial charge on any atom is -0.399 e. The summed E-state index contributed by atoms with van der Waals surface area (Å²) in [5.74, 6) is 0.769. The predicted molar refractivity (Wildman–Crippen MR) is 119 cm³/mol. The van der Waals surface area contributed by atoms with Gasteiger partial charge in [-0.25, -0.2) is 9.97 Å². The second-order valence-electron chi connectivity index (χ2n) is 8.69. The maximum absolute atomic E-state index is 11.8. The van der Waals surface area contributed by atoms with Crippen molar-refractivity contribution in [3.8, 4) is 0 Å². The van der Waals surface area contributed by atoms with Crippen LogP contribution in [0.15, 0.2) is 31.1 Å². The largest absolute Gasteiger partial charge is 0.496 e. The lowest BCUT2D eigenvalue weighted by molar-refractivity contribution is -0.126. The maximum atomic E-state index is 11.8. The summed E-state index contributed by atoms with van der Waals surface area (Å²) in [6.07, 6.45) is 2.91. The number of hydrogen-bond donors (Lipinski definition) is 0. The van der Waals surface area contributed by atoms with Gasteiger partial charge in [0, 0.05) is 42.1 Å². The number of anilines is 1. The molecule has 0 saturated carbocycles. The molecule has 0 unspecified atom stereocenters. The molecule has 1 aromatic carbocycles. The van der Waals surface area contributed by atoms with Crippen molar-refractivity contribution < 1.29 is 14.1 Å². The van der Waals surface area contributed by atoms with Crippen molar-refractivity contribution >= 4 is 46.8 Å². The van der Waals surface area contributed by atoms with Gasteiger partial charge in [0.25, 0.3) is 0 Å². The molecule has 0 radical (unpaired) electrons. The molecule has 9 heteroatoms. The molecule has 2 aliphatic heterocycles. The molecule has 0 aliphatic carbocycles. The van der Waals surface area contributed by atoms with E-state index in [1.54, 1.807) is 11.2 Å². The van der Waals surface area contributed by atoms with Gasteiger partial charge >= 0.3 is 7.12 Å². The summed E-state index contributed by atoms with van der Waals surface area (Å²) in [5.41, 5.74) is 0.637. The summed E-state index contributed by atoms with van der Waals surface area (Å²) in [4.78, 5) is 24.7. The summed E-state index contributed by atoms with van der Waals surface area (Å²) < 4.78 is 12.3. The standard InChI is InChI=1S/C21H26BClN4O3/c1-6-18(28)26-7-9-27(10-8-26)19-14-11-16(23)15(12-17(14)24-13-25-19)22-29-20(2,3)21(4,5)30-22/h6,11-13H,1,7-10H2,2-5H3. The van der Waals surface area contributed by atoms with Crippen molar-refractivity contribution in [2.45, 2.75) is 38.9 Å². The normalized spacial score (nSPS) is 20.6. The third-order valence-corrected chi connectivity index (χ3v) is 6.63. The lowest BCUT2D eigenvalue weighted by Gasteiger charge is -2.35. The van der Waals surface area contributed by atoms with Crippen molar-refractivity contribution in [3.63, 3.8) is 0 Å². The van der Waals surface area contributed by atoms with Crippen LogP contribution in [0.5, 0.6) is 0 Å². The topological polar surface area (TPSA) is 67.8 Å². The Balaban J connectivity index is 1.64. The number of benzene rings is 1. The van der Waals surface area contributed by atoms with E-state index in [2.05, 4.69) is 21.4 Å². The molecular formula is C21H26BClN4O3. The molecule has 2 fully saturated rings. The summed E-state index contributed by atoms with van der Waals surface area (Å²) in [6.45, 7) is 14.2. The molecule has 1 amide bonds. The molecule has 0 atom stereocenters. The van der Waals surface area contributed by atoms with E-state index in [0.29, 0.717) is 31.2 Å². The van der Waals surface area contributed by atoms with E-state index >= 15 is 0 Å². The number of carbonyl (C=O) groups excluding carboxylic acids is 1. The number of carbonyl (C=O) groups is 1. The lowest BCUT2D eigenvalue weighted by Crippen LogP contribution is -2.48. The number of halogens is 1. The predicted octanol–water partition coefficient (Wildman–Crippen LogP) is 2.42. The summed E-state index contributed by atoms with van der Waals surface area (Å²) in [5, 5.41) is 1.42. The lowest BCUT2D eigenvalue weighted by atomic mass is 9.78. The molecule has 4 rings (SSSR count). The number of rotatable bonds is 3. The van der Waals surface area contributed by atoms with Crippen LogP contribution in [0.2, 0.25) is 5.02 Å². The fourth-order valence-corrected chi connectivity index (χ4v) is 4.00.